The van der Waals surface area contributed by atoms with Gasteiger partial charge in [-0.2, -0.15) is 15.2 Å². The summed E-state index contributed by atoms with van der Waals surface area (Å²) >= 11 is 0. The quantitative estimate of drug-likeness (QED) is 0.546. The zero-order chi connectivity index (χ0) is 19.0. The molecule has 4 aromatic rings. The van der Waals surface area contributed by atoms with E-state index in [0.717, 1.165) is 39.0 Å². The monoisotopic (exact) mass is 360 g/mol. The topological polar surface area (TPSA) is 70.1 Å². The van der Waals surface area contributed by atoms with Crippen LogP contribution in [-0.4, -0.2) is 36.0 Å². The van der Waals surface area contributed by atoms with Crippen LogP contribution >= 0.6 is 0 Å². The molecule has 0 bridgehead atoms. The van der Waals surface area contributed by atoms with Crippen molar-refractivity contribution in [2.75, 3.05) is 6.61 Å². The van der Waals surface area contributed by atoms with Gasteiger partial charge in [-0.15, -0.1) is 0 Å². The number of hydrogen-bond acceptors (Lipinski definition) is 5. The first-order chi connectivity index (χ1) is 13.1. The van der Waals surface area contributed by atoms with E-state index in [1.165, 1.54) is 0 Å². The lowest BCUT2D eigenvalue weighted by atomic mass is 9.99. The molecule has 0 N–H and O–H groups in total. The number of ether oxygens (including phenoxy) is 1. The molecule has 0 saturated carbocycles. The molecule has 136 valence electrons. The Kier molecular flexibility index (Phi) is 4.19. The molecular weight excluding hydrogens is 340 g/mol. The van der Waals surface area contributed by atoms with Crippen LogP contribution in [0.5, 0.6) is 6.01 Å². The largest absolute Gasteiger partial charge is 0.464 e. The molecule has 7 heteroatoms. The predicted octanol–water partition coefficient (Wildman–Crippen LogP) is 3.29. The van der Waals surface area contributed by atoms with Gasteiger partial charge < -0.3 is 4.74 Å². The molecule has 27 heavy (non-hydrogen) atoms. The van der Waals surface area contributed by atoms with E-state index in [0.29, 0.717) is 12.6 Å². The van der Waals surface area contributed by atoms with Crippen molar-refractivity contribution in [1.82, 2.24) is 29.4 Å². The van der Waals surface area contributed by atoms with Gasteiger partial charge in [0.25, 0.3) is 0 Å². The number of nitrogens with zero attached hydrogens (tertiary/aromatic N) is 6. The number of hydrogen-bond donors (Lipinski definition) is 0. The highest BCUT2D eigenvalue weighted by molar-refractivity contribution is 5.85. The summed E-state index contributed by atoms with van der Waals surface area (Å²) in [6.07, 6.45) is 9.36. The lowest BCUT2D eigenvalue weighted by Crippen LogP contribution is -2.02. The standard InChI is InChI=1S/C20H20N6O/c1-5-27-20-21-10-17(14(3)24-20)13(2)15-6-7-26-19(8-15)18(11-23-26)16-9-22-25(4)12-16/h6-12H,2,5H2,1,3-4H3. The van der Waals surface area contributed by atoms with Crippen LogP contribution in [0.3, 0.4) is 0 Å². The van der Waals surface area contributed by atoms with Crippen molar-refractivity contribution in [3.8, 4) is 17.1 Å². The highest BCUT2D eigenvalue weighted by atomic mass is 16.5. The molecule has 0 aromatic carbocycles. The summed E-state index contributed by atoms with van der Waals surface area (Å²) in [5.74, 6) is 0. The minimum Gasteiger partial charge on any atom is -0.464 e. The number of rotatable bonds is 5. The van der Waals surface area contributed by atoms with Gasteiger partial charge in [-0.3, -0.25) is 4.68 Å². The van der Waals surface area contributed by atoms with E-state index in [1.54, 1.807) is 10.9 Å². The Hall–Kier alpha value is -3.48. The normalized spacial score (nSPS) is 11.1. The molecule has 0 aliphatic carbocycles. The Labute approximate surface area is 157 Å². The first-order valence-corrected chi connectivity index (χ1v) is 8.69. The molecule has 4 aromatic heterocycles. The van der Waals surface area contributed by atoms with Crippen LogP contribution in [0.15, 0.2) is 49.7 Å². The third-order valence-corrected chi connectivity index (χ3v) is 4.44. The minimum atomic E-state index is 0.386. The van der Waals surface area contributed by atoms with Crippen LogP contribution in [-0.2, 0) is 7.05 Å². The van der Waals surface area contributed by atoms with Crippen molar-refractivity contribution < 1.29 is 4.74 Å². The second-order valence-electron chi connectivity index (χ2n) is 6.27. The average molecular weight is 360 g/mol. The maximum Gasteiger partial charge on any atom is 0.316 e. The van der Waals surface area contributed by atoms with Gasteiger partial charge in [-0.1, -0.05) is 6.58 Å². The van der Waals surface area contributed by atoms with E-state index in [9.17, 15) is 0 Å². The molecule has 0 saturated heterocycles. The fourth-order valence-corrected chi connectivity index (χ4v) is 3.05. The maximum atomic E-state index is 5.37. The third-order valence-electron chi connectivity index (χ3n) is 4.44. The van der Waals surface area contributed by atoms with E-state index in [2.05, 4.69) is 32.8 Å². The smallest absolute Gasteiger partial charge is 0.316 e. The zero-order valence-electron chi connectivity index (χ0n) is 15.5. The lowest BCUT2D eigenvalue weighted by Gasteiger charge is -2.10. The molecular formula is C20H20N6O. The number of fused-ring (bicyclic) bond motifs is 1. The van der Waals surface area contributed by atoms with Crippen LogP contribution in [0.4, 0.5) is 0 Å². The fourth-order valence-electron chi connectivity index (χ4n) is 3.05. The van der Waals surface area contributed by atoms with E-state index in [4.69, 9.17) is 4.74 Å². The highest BCUT2D eigenvalue weighted by Crippen LogP contribution is 2.29. The van der Waals surface area contributed by atoms with E-state index in [1.807, 2.05) is 56.3 Å². The van der Waals surface area contributed by atoms with Crippen molar-refractivity contribution in [2.45, 2.75) is 13.8 Å². The summed E-state index contributed by atoms with van der Waals surface area (Å²) in [5, 5.41) is 8.69. The minimum absolute atomic E-state index is 0.386. The van der Waals surface area contributed by atoms with Crippen molar-refractivity contribution in [3.63, 3.8) is 0 Å². The second-order valence-corrected chi connectivity index (χ2v) is 6.27. The SMILES string of the molecule is C=C(c1ccn2ncc(-c3cnn(C)c3)c2c1)c1cnc(OCC)nc1C. The Morgan fingerprint density at radius 2 is 2.07 bits per heavy atom. The fraction of sp³-hybridized carbons (Fsp3) is 0.200. The first-order valence-electron chi connectivity index (χ1n) is 8.69. The molecule has 0 unspecified atom stereocenters. The second kappa shape index (κ2) is 6.68. The van der Waals surface area contributed by atoms with Gasteiger partial charge in [0.15, 0.2) is 0 Å². The Bertz CT molecular complexity index is 1140. The average Bonchev–Trinajstić information content (AvgIpc) is 3.27. The van der Waals surface area contributed by atoms with Gasteiger partial charge in [-0.25, -0.2) is 9.50 Å². The molecule has 7 nitrogen and oxygen atoms in total. The Balaban J connectivity index is 1.74. The van der Waals surface area contributed by atoms with Crippen molar-refractivity contribution in [3.05, 3.63) is 66.5 Å². The van der Waals surface area contributed by atoms with Crippen LogP contribution in [0.25, 0.3) is 22.2 Å². The summed E-state index contributed by atoms with van der Waals surface area (Å²) < 4.78 is 9.00. The molecule has 0 atom stereocenters. The van der Waals surface area contributed by atoms with Gasteiger partial charge >= 0.3 is 6.01 Å². The predicted molar refractivity (Wildman–Crippen MR) is 103 cm³/mol. The van der Waals surface area contributed by atoms with Gasteiger partial charge in [0, 0.05) is 42.3 Å². The number of pyridine rings is 1. The summed E-state index contributed by atoms with van der Waals surface area (Å²) in [6.45, 7) is 8.64. The molecule has 4 rings (SSSR count). The lowest BCUT2D eigenvalue weighted by molar-refractivity contribution is 0.311. The van der Waals surface area contributed by atoms with Crippen LogP contribution in [0, 0.1) is 6.92 Å². The van der Waals surface area contributed by atoms with E-state index < -0.39 is 0 Å². The number of aryl methyl sites for hydroxylation is 2. The molecule has 0 fully saturated rings. The highest BCUT2D eigenvalue weighted by Gasteiger charge is 2.13. The summed E-state index contributed by atoms with van der Waals surface area (Å²) in [5.41, 5.74) is 6.62. The van der Waals surface area contributed by atoms with Gasteiger partial charge in [-0.05, 0) is 37.1 Å². The molecule has 0 radical (unpaired) electrons. The van der Waals surface area contributed by atoms with Crippen LogP contribution in [0.1, 0.15) is 23.7 Å². The van der Waals surface area contributed by atoms with E-state index in [-0.39, 0.29) is 0 Å². The van der Waals surface area contributed by atoms with Gasteiger partial charge in [0.2, 0.25) is 0 Å². The van der Waals surface area contributed by atoms with Crippen molar-refractivity contribution in [2.24, 2.45) is 7.05 Å². The Morgan fingerprint density at radius 1 is 1.22 bits per heavy atom. The molecule has 0 amide bonds. The van der Waals surface area contributed by atoms with Gasteiger partial charge in [0.1, 0.15) is 0 Å². The van der Waals surface area contributed by atoms with Crippen LogP contribution in [0.2, 0.25) is 0 Å². The van der Waals surface area contributed by atoms with Gasteiger partial charge in [0.05, 0.1) is 30.2 Å². The zero-order valence-corrected chi connectivity index (χ0v) is 15.5. The van der Waals surface area contributed by atoms with Crippen molar-refractivity contribution >= 4 is 11.1 Å². The molecule has 0 aliphatic rings. The molecule has 0 spiro atoms. The summed E-state index contributed by atoms with van der Waals surface area (Å²) in [4.78, 5) is 8.68. The van der Waals surface area contributed by atoms with Crippen LogP contribution < -0.4 is 4.74 Å². The Morgan fingerprint density at radius 3 is 2.78 bits per heavy atom. The first kappa shape index (κ1) is 17.0. The summed E-state index contributed by atoms with van der Waals surface area (Å²) in [7, 11) is 1.90. The maximum absolute atomic E-state index is 5.37. The third kappa shape index (κ3) is 3.08. The van der Waals surface area contributed by atoms with E-state index >= 15 is 0 Å². The summed E-state index contributed by atoms with van der Waals surface area (Å²) in [6, 6.07) is 4.45. The molecule has 4 heterocycles. The number of aromatic nitrogens is 6. The van der Waals surface area contributed by atoms with Crippen molar-refractivity contribution in [1.29, 1.82) is 0 Å². The molecule has 0 aliphatic heterocycles.